The van der Waals surface area contributed by atoms with Crippen LogP contribution in [0.4, 0.5) is 10.5 Å². The van der Waals surface area contributed by atoms with Gasteiger partial charge in [0, 0.05) is 17.8 Å². The van der Waals surface area contributed by atoms with E-state index in [-0.39, 0.29) is 12.1 Å². The van der Waals surface area contributed by atoms with Crippen LogP contribution >= 0.6 is 0 Å². The molecule has 3 aromatic rings. The summed E-state index contributed by atoms with van der Waals surface area (Å²) in [5, 5.41) is 7.23. The molecule has 1 N–H and O–H groups in total. The Labute approximate surface area is 176 Å². The van der Waals surface area contributed by atoms with Gasteiger partial charge in [-0.2, -0.15) is 4.98 Å². The van der Waals surface area contributed by atoms with Crippen molar-refractivity contribution >= 4 is 11.7 Å². The van der Waals surface area contributed by atoms with Gasteiger partial charge < -0.3 is 19.5 Å². The number of piperidine rings is 1. The molecule has 1 saturated heterocycles. The van der Waals surface area contributed by atoms with Crippen molar-refractivity contribution in [2.45, 2.75) is 39.2 Å². The maximum atomic E-state index is 13.1. The lowest BCUT2D eigenvalue weighted by Gasteiger charge is -2.33. The van der Waals surface area contributed by atoms with Gasteiger partial charge in [-0.05, 0) is 56.4 Å². The van der Waals surface area contributed by atoms with Crippen LogP contribution in [0.5, 0.6) is 5.75 Å². The monoisotopic (exact) mass is 406 g/mol. The number of nitrogens with one attached hydrogen (secondary N) is 1. The summed E-state index contributed by atoms with van der Waals surface area (Å²) in [5.41, 5.74) is 3.74. The van der Waals surface area contributed by atoms with Crippen molar-refractivity contribution in [2.24, 2.45) is 0 Å². The van der Waals surface area contributed by atoms with Crippen LogP contribution in [0.1, 0.15) is 42.3 Å². The molecule has 1 atom stereocenters. The van der Waals surface area contributed by atoms with Gasteiger partial charge in [-0.15, -0.1) is 0 Å². The van der Waals surface area contributed by atoms with Crippen LogP contribution in [0.25, 0.3) is 11.4 Å². The first-order valence-corrected chi connectivity index (χ1v) is 10.2. The molecule has 2 amide bonds. The average Bonchev–Trinajstić information content (AvgIpc) is 3.26. The third kappa shape index (κ3) is 4.01. The van der Waals surface area contributed by atoms with Crippen LogP contribution < -0.4 is 10.1 Å². The van der Waals surface area contributed by atoms with Crippen molar-refractivity contribution in [3.05, 3.63) is 59.5 Å². The van der Waals surface area contributed by atoms with E-state index >= 15 is 0 Å². The molecule has 7 nitrogen and oxygen atoms in total. The predicted molar refractivity (Wildman–Crippen MR) is 115 cm³/mol. The number of hydrogen-bond donors (Lipinski definition) is 1. The number of anilines is 1. The predicted octanol–water partition coefficient (Wildman–Crippen LogP) is 5.12. The SMILES string of the molecule is COc1cccc(-c2noc(C3CCCCN3C(=O)Nc3c(C)cccc3C)n2)c1. The highest BCUT2D eigenvalue weighted by molar-refractivity contribution is 5.91. The second-order valence-corrected chi connectivity index (χ2v) is 7.59. The van der Waals surface area contributed by atoms with Crippen molar-refractivity contribution in [3.63, 3.8) is 0 Å². The quantitative estimate of drug-likeness (QED) is 0.650. The smallest absolute Gasteiger partial charge is 0.322 e. The third-order valence-electron chi connectivity index (χ3n) is 5.53. The van der Waals surface area contributed by atoms with E-state index in [1.807, 2.05) is 56.3 Å². The van der Waals surface area contributed by atoms with Gasteiger partial charge in [0.25, 0.3) is 0 Å². The van der Waals surface area contributed by atoms with Crippen LogP contribution in [-0.4, -0.2) is 34.7 Å². The number of hydrogen-bond acceptors (Lipinski definition) is 5. The van der Waals surface area contributed by atoms with E-state index in [0.29, 0.717) is 18.3 Å². The fraction of sp³-hybridized carbons (Fsp3) is 0.348. The second kappa shape index (κ2) is 8.57. The van der Waals surface area contributed by atoms with Gasteiger partial charge in [-0.3, -0.25) is 0 Å². The topological polar surface area (TPSA) is 80.5 Å². The summed E-state index contributed by atoms with van der Waals surface area (Å²) < 4.78 is 10.9. The zero-order chi connectivity index (χ0) is 21.1. The van der Waals surface area contributed by atoms with Crippen LogP contribution in [0.2, 0.25) is 0 Å². The van der Waals surface area contributed by atoms with E-state index < -0.39 is 0 Å². The van der Waals surface area contributed by atoms with Crippen molar-refractivity contribution in [1.82, 2.24) is 15.0 Å². The van der Waals surface area contributed by atoms with Crippen molar-refractivity contribution in [1.29, 1.82) is 0 Å². The number of amides is 2. The third-order valence-corrected chi connectivity index (χ3v) is 5.53. The number of methoxy groups -OCH3 is 1. The van der Waals surface area contributed by atoms with Gasteiger partial charge >= 0.3 is 6.03 Å². The van der Waals surface area contributed by atoms with E-state index in [0.717, 1.165) is 47.4 Å². The second-order valence-electron chi connectivity index (χ2n) is 7.59. The highest BCUT2D eigenvalue weighted by Crippen LogP contribution is 2.32. The molecule has 1 fully saturated rings. The molecule has 4 rings (SSSR count). The van der Waals surface area contributed by atoms with E-state index in [1.165, 1.54) is 0 Å². The van der Waals surface area contributed by atoms with Crippen LogP contribution in [-0.2, 0) is 0 Å². The molecule has 1 aliphatic heterocycles. The Kier molecular flexibility index (Phi) is 5.70. The molecule has 0 radical (unpaired) electrons. The molecule has 30 heavy (non-hydrogen) atoms. The minimum absolute atomic E-state index is 0.141. The molecular weight excluding hydrogens is 380 g/mol. The molecule has 0 spiro atoms. The first kappa shape index (κ1) is 19.9. The van der Waals surface area contributed by atoms with Crippen LogP contribution in [0.3, 0.4) is 0 Å². The molecule has 1 aromatic heterocycles. The summed E-state index contributed by atoms with van der Waals surface area (Å²) >= 11 is 0. The zero-order valence-electron chi connectivity index (χ0n) is 17.5. The number of ether oxygens (including phenoxy) is 1. The molecule has 1 unspecified atom stereocenters. The normalized spacial score (nSPS) is 16.4. The van der Waals surface area contributed by atoms with Gasteiger partial charge in [0.05, 0.1) is 7.11 Å². The summed E-state index contributed by atoms with van der Waals surface area (Å²) in [6, 6.07) is 13.1. The molecule has 2 aromatic carbocycles. The standard InChI is InChI=1S/C23H26N4O3/c1-15-8-6-9-16(2)20(15)24-23(28)27-13-5-4-12-19(27)22-25-21(26-30-22)17-10-7-11-18(14-17)29-3/h6-11,14,19H,4-5,12-13H2,1-3H3,(H,24,28). The highest BCUT2D eigenvalue weighted by atomic mass is 16.5. The molecule has 7 heteroatoms. The fourth-order valence-corrected chi connectivity index (χ4v) is 3.87. The number of likely N-dealkylation sites (tertiary alicyclic amines) is 1. The van der Waals surface area contributed by atoms with Gasteiger partial charge in [0.2, 0.25) is 11.7 Å². The van der Waals surface area contributed by atoms with Crippen LogP contribution in [0, 0.1) is 13.8 Å². The van der Waals surface area contributed by atoms with Gasteiger partial charge in [0.15, 0.2) is 0 Å². The minimum Gasteiger partial charge on any atom is -0.497 e. The molecular formula is C23H26N4O3. The van der Waals surface area contributed by atoms with Crippen molar-refractivity contribution in [2.75, 3.05) is 19.0 Å². The molecule has 0 saturated carbocycles. The number of rotatable bonds is 4. The van der Waals surface area contributed by atoms with Gasteiger partial charge in [-0.25, -0.2) is 4.79 Å². The number of para-hydroxylation sites is 1. The summed E-state index contributed by atoms with van der Waals surface area (Å²) in [7, 11) is 1.62. The number of benzene rings is 2. The fourth-order valence-electron chi connectivity index (χ4n) is 3.87. The maximum absolute atomic E-state index is 13.1. The highest BCUT2D eigenvalue weighted by Gasteiger charge is 2.32. The molecule has 1 aliphatic rings. The Balaban J connectivity index is 1.57. The Morgan fingerprint density at radius 1 is 1.17 bits per heavy atom. The van der Waals surface area contributed by atoms with Crippen molar-refractivity contribution < 1.29 is 14.1 Å². The summed E-state index contributed by atoms with van der Waals surface area (Å²) in [4.78, 5) is 19.5. The lowest BCUT2D eigenvalue weighted by Crippen LogP contribution is -2.41. The van der Waals surface area contributed by atoms with Gasteiger partial charge in [0.1, 0.15) is 11.8 Å². The molecule has 156 valence electrons. The molecule has 0 bridgehead atoms. The maximum Gasteiger partial charge on any atom is 0.322 e. The lowest BCUT2D eigenvalue weighted by molar-refractivity contribution is 0.142. The van der Waals surface area contributed by atoms with E-state index in [9.17, 15) is 4.79 Å². The Morgan fingerprint density at radius 2 is 1.93 bits per heavy atom. The number of aromatic nitrogens is 2. The minimum atomic E-state index is -0.241. The van der Waals surface area contributed by atoms with E-state index in [4.69, 9.17) is 9.26 Å². The number of carbonyl (C=O) groups is 1. The van der Waals surface area contributed by atoms with E-state index in [2.05, 4.69) is 15.5 Å². The first-order valence-electron chi connectivity index (χ1n) is 10.2. The summed E-state index contributed by atoms with van der Waals surface area (Å²) in [5.74, 6) is 1.68. The lowest BCUT2D eigenvalue weighted by atomic mass is 10.0. The summed E-state index contributed by atoms with van der Waals surface area (Å²) in [6.07, 6.45) is 2.75. The number of carbonyl (C=O) groups excluding carboxylic acids is 1. The van der Waals surface area contributed by atoms with E-state index in [1.54, 1.807) is 12.0 Å². The first-order chi connectivity index (χ1) is 14.6. The average molecular weight is 406 g/mol. The number of aryl methyl sites for hydroxylation is 2. The largest absolute Gasteiger partial charge is 0.497 e. The molecule has 2 heterocycles. The Morgan fingerprint density at radius 3 is 2.70 bits per heavy atom. The van der Waals surface area contributed by atoms with Crippen LogP contribution in [0.15, 0.2) is 47.0 Å². The van der Waals surface area contributed by atoms with Gasteiger partial charge in [-0.1, -0.05) is 35.5 Å². The summed E-state index contributed by atoms with van der Waals surface area (Å²) in [6.45, 7) is 4.64. The zero-order valence-corrected chi connectivity index (χ0v) is 17.5. The molecule has 0 aliphatic carbocycles. The van der Waals surface area contributed by atoms with Crippen molar-refractivity contribution in [3.8, 4) is 17.1 Å². The number of urea groups is 1. The Hall–Kier alpha value is -3.35. The number of nitrogens with zero attached hydrogens (tertiary/aromatic N) is 3. The Bertz CT molecular complexity index is 1030.